The van der Waals surface area contributed by atoms with Crippen LogP contribution >= 0.6 is 11.8 Å². The molecule has 5 rings (SSSR count). The van der Waals surface area contributed by atoms with Gasteiger partial charge in [-0.05, 0) is 64.0 Å². The van der Waals surface area contributed by atoms with E-state index in [1.807, 2.05) is 0 Å². The molecule has 0 atom stereocenters. The van der Waals surface area contributed by atoms with E-state index in [1.54, 1.807) is 0 Å². The number of likely N-dealkylation sites (tertiary alicyclic amines) is 1. The minimum Gasteiger partial charge on any atom is -0.300 e. The molecule has 0 N–H and O–H groups in total. The summed E-state index contributed by atoms with van der Waals surface area (Å²) in [5.41, 5.74) is 0.735. The van der Waals surface area contributed by atoms with Gasteiger partial charge in [-0.3, -0.25) is 9.58 Å². The molecule has 150 valence electrons. The summed E-state index contributed by atoms with van der Waals surface area (Å²) in [6.45, 7) is 2.45. The molecule has 0 amide bonds. The second kappa shape index (κ2) is 6.68. The molecule has 0 radical (unpaired) electrons. The lowest BCUT2D eigenvalue weighted by Gasteiger charge is -2.40. The predicted molar refractivity (Wildman–Crippen MR) is 101 cm³/mol. The Labute approximate surface area is 163 Å². The molecule has 2 aliphatic carbocycles. The van der Waals surface area contributed by atoms with Crippen molar-refractivity contribution in [1.29, 1.82) is 0 Å². The molecule has 1 aromatic rings. The largest absolute Gasteiger partial charge is 0.433 e. The summed E-state index contributed by atoms with van der Waals surface area (Å²) in [5.74, 6) is 2.83. The van der Waals surface area contributed by atoms with Crippen molar-refractivity contribution in [3.63, 3.8) is 0 Å². The van der Waals surface area contributed by atoms with Gasteiger partial charge in [0.1, 0.15) is 5.69 Å². The van der Waals surface area contributed by atoms with Crippen LogP contribution < -0.4 is 0 Å². The molecule has 7 heteroatoms. The molecular formula is C20H28F3N3S. The fourth-order valence-corrected chi connectivity index (χ4v) is 6.63. The molecule has 2 saturated heterocycles. The summed E-state index contributed by atoms with van der Waals surface area (Å²) in [7, 11) is 0. The highest BCUT2D eigenvalue weighted by molar-refractivity contribution is 8.00. The van der Waals surface area contributed by atoms with Crippen molar-refractivity contribution < 1.29 is 13.2 Å². The van der Waals surface area contributed by atoms with Crippen molar-refractivity contribution in [2.75, 3.05) is 24.6 Å². The summed E-state index contributed by atoms with van der Waals surface area (Å²) in [4.78, 5) is 2.67. The smallest absolute Gasteiger partial charge is 0.300 e. The number of aromatic nitrogens is 2. The van der Waals surface area contributed by atoms with Gasteiger partial charge in [0.15, 0.2) is 0 Å². The first kappa shape index (κ1) is 18.3. The van der Waals surface area contributed by atoms with Crippen molar-refractivity contribution in [3.05, 3.63) is 17.5 Å². The van der Waals surface area contributed by atoms with E-state index in [0.29, 0.717) is 17.2 Å². The highest BCUT2D eigenvalue weighted by Gasteiger charge is 2.46. The van der Waals surface area contributed by atoms with Gasteiger partial charge in [0, 0.05) is 35.4 Å². The Balaban J connectivity index is 1.25. The molecule has 2 aliphatic heterocycles. The van der Waals surface area contributed by atoms with Crippen molar-refractivity contribution in [2.45, 2.75) is 75.5 Å². The third-order valence-electron chi connectivity index (χ3n) is 7.38. The van der Waals surface area contributed by atoms with Crippen LogP contribution in [0.15, 0.2) is 6.07 Å². The van der Waals surface area contributed by atoms with Crippen LogP contribution in [-0.4, -0.2) is 45.3 Å². The SMILES string of the molecule is FC(F)(F)c1cc(C2CCC(N3CCC4(CSC4)C3)CC2)nn1C1CCC1. The lowest BCUT2D eigenvalue weighted by molar-refractivity contribution is -0.145. The topological polar surface area (TPSA) is 21.1 Å². The molecule has 0 aromatic carbocycles. The molecule has 0 bridgehead atoms. The molecule has 0 unspecified atom stereocenters. The van der Waals surface area contributed by atoms with Crippen LogP contribution in [0.3, 0.4) is 0 Å². The highest BCUT2D eigenvalue weighted by Crippen LogP contribution is 2.47. The minimum absolute atomic E-state index is 0.0483. The van der Waals surface area contributed by atoms with Crippen LogP contribution in [0, 0.1) is 5.41 Å². The highest BCUT2D eigenvalue weighted by atomic mass is 32.2. The maximum atomic E-state index is 13.5. The van der Waals surface area contributed by atoms with Gasteiger partial charge in [0.25, 0.3) is 0 Å². The van der Waals surface area contributed by atoms with Crippen LogP contribution in [0.5, 0.6) is 0 Å². The molecule has 2 saturated carbocycles. The van der Waals surface area contributed by atoms with Crippen LogP contribution in [0.4, 0.5) is 13.2 Å². The van der Waals surface area contributed by atoms with E-state index >= 15 is 0 Å². The average Bonchev–Trinajstić information content (AvgIpc) is 3.17. The lowest BCUT2D eigenvalue weighted by Crippen LogP contribution is -2.42. The van der Waals surface area contributed by atoms with E-state index in [-0.39, 0.29) is 12.0 Å². The molecular weight excluding hydrogens is 371 g/mol. The molecule has 4 fully saturated rings. The van der Waals surface area contributed by atoms with Gasteiger partial charge < -0.3 is 0 Å². The van der Waals surface area contributed by atoms with E-state index in [1.165, 1.54) is 41.8 Å². The Hall–Kier alpha value is -0.690. The van der Waals surface area contributed by atoms with E-state index in [0.717, 1.165) is 44.9 Å². The standard InChI is InChI=1S/C20H28F3N3S/c21-20(22,23)18-10-17(24-26(18)16-2-1-3-16)14-4-6-15(7-5-14)25-9-8-19(11-25)12-27-13-19/h10,14-16H,1-9,11-13H2. The van der Waals surface area contributed by atoms with Crippen LogP contribution in [0.25, 0.3) is 0 Å². The fourth-order valence-electron chi connectivity index (χ4n) is 5.38. The van der Waals surface area contributed by atoms with Crippen LogP contribution in [-0.2, 0) is 6.18 Å². The normalized spacial score (nSPS) is 31.8. The second-order valence-corrected chi connectivity index (χ2v) is 10.2. The van der Waals surface area contributed by atoms with Gasteiger partial charge in [0.2, 0.25) is 0 Å². The first-order chi connectivity index (χ1) is 12.9. The zero-order valence-electron chi connectivity index (χ0n) is 15.7. The Bertz CT molecular complexity index is 685. The summed E-state index contributed by atoms with van der Waals surface area (Å²) in [5, 5.41) is 4.47. The third kappa shape index (κ3) is 3.33. The van der Waals surface area contributed by atoms with Crippen molar-refractivity contribution >= 4 is 11.8 Å². The van der Waals surface area contributed by atoms with Crippen LogP contribution in [0.2, 0.25) is 0 Å². The third-order valence-corrected chi connectivity index (χ3v) is 9.01. The minimum atomic E-state index is -4.30. The fraction of sp³-hybridized carbons (Fsp3) is 0.850. The van der Waals surface area contributed by atoms with Gasteiger partial charge in [0.05, 0.1) is 11.7 Å². The van der Waals surface area contributed by atoms with E-state index < -0.39 is 11.9 Å². The summed E-state index contributed by atoms with van der Waals surface area (Å²) in [6.07, 6.45) is 3.85. The quantitative estimate of drug-likeness (QED) is 0.706. The maximum Gasteiger partial charge on any atom is 0.433 e. The van der Waals surface area contributed by atoms with E-state index in [4.69, 9.17) is 0 Å². The Morgan fingerprint density at radius 1 is 1.04 bits per heavy atom. The number of hydrogen-bond donors (Lipinski definition) is 0. The number of nitrogens with zero attached hydrogens (tertiary/aromatic N) is 3. The average molecular weight is 400 g/mol. The Morgan fingerprint density at radius 2 is 1.78 bits per heavy atom. The van der Waals surface area contributed by atoms with Crippen molar-refractivity contribution in [1.82, 2.24) is 14.7 Å². The molecule has 3 nitrogen and oxygen atoms in total. The van der Waals surface area contributed by atoms with E-state index in [2.05, 4.69) is 21.8 Å². The Morgan fingerprint density at radius 3 is 2.30 bits per heavy atom. The summed E-state index contributed by atoms with van der Waals surface area (Å²) < 4.78 is 41.7. The van der Waals surface area contributed by atoms with Gasteiger partial charge in [-0.2, -0.15) is 30.0 Å². The number of rotatable bonds is 3. The number of thioether (sulfide) groups is 1. The number of alkyl halides is 3. The zero-order chi connectivity index (χ0) is 18.6. The summed E-state index contributed by atoms with van der Waals surface area (Å²) >= 11 is 2.06. The monoisotopic (exact) mass is 399 g/mol. The van der Waals surface area contributed by atoms with Gasteiger partial charge in [-0.1, -0.05) is 0 Å². The molecule has 4 aliphatic rings. The molecule has 1 spiro atoms. The number of halogens is 3. The molecule has 27 heavy (non-hydrogen) atoms. The summed E-state index contributed by atoms with van der Waals surface area (Å²) in [6, 6.07) is 1.93. The lowest BCUT2D eigenvalue weighted by atomic mass is 9.83. The van der Waals surface area contributed by atoms with Gasteiger partial charge >= 0.3 is 6.18 Å². The molecule has 3 heterocycles. The second-order valence-electron chi connectivity index (χ2n) is 9.20. The van der Waals surface area contributed by atoms with Gasteiger partial charge in [-0.15, -0.1) is 0 Å². The van der Waals surface area contributed by atoms with Crippen molar-refractivity contribution in [2.24, 2.45) is 5.41 Å². The van der Waals surface area contributed by atoms with Gasteiger partial charge in [-0.25, -0.2) is 0 Å². The zero-order valence-corrected chi connectivity index (χ0v) is 16.5. The molecule has 1 aromatic heterocycles. The predicted octanol–water partition coefficient (Wildman–Crippen LogP) is 5.09. The first-order valence-electron chi connectivity index (χ1n) is 10.4. The van der Waals surface area contributed by atoms with E-state index in [9.17, 15) is 13.2 Å². The van der Waals surface area contributed by atoms with Crippen LogP contribution in [0.1, 0.15) is 74.7 Å². The number of hydrogen-bond acceptors (Lipinski definition) is 3. The maximum absolute atomic E-state index is 13.5. The first-order valence-corrected chi connectivity index (χ1v) is 11.6. The van der Waals surface area contributed by atoms with Crippen molar-refractivity contribution in [3.8, 4) is 0 Å². The Kier molecular flexibility index (Phi) is 4.54.